The van der Waals surface area contributed by atoms with Crippen LogP contribution in [0.15, 0.2) is 17.0 Å². The van der Waals surface area contributed by atoms with Crippen LogP contribution in [0.1, 0.15) is 32.8 Å². The van der Waals surface area contributed by atoms with E-state index in [1.807, 2.05) is 20.8 Å². The normalized spacial score (nSPS) is 12.7. The molecule has 3 N–H and O–H groups in total. The van der Waals surface area contributed by atoms with Crippen LogP contribution in [-0.4, -0.2) is 15.0 Å². The maximum Gasteiger partial charge on any atom is 0.242 e. The first-order valence-electron chi connectivity index (χ1n) is 6.31. The molecule has 0 amide bonds. The van der Waals surface area contributed by atoms with Gasteiger partial charge in [-0.2, -0.15) is 0 Å². The lowest BCUT2D eigenvalue weighted by molar-refractivity contribution is 0.350. The molecule has 0 atom stereocenters. The number of hydrogen-bond acceptors (Lipinski definition) is 3. The van der Waals surface area contributed by atoms with Gasteiger partial charge in [-0.25, -0.2) is 13.1 Å². The van der Waals surface area contributed by atoms with Gasteiger partial charge in [0, 0.05) is 23.7 Å². The number of halogens is 2. The van der Waals surface area contributed by atoms with Crippen molar-refractivity contribution in [3.05, 3.63) is 27.7 Å². The van der Waals surface area contributed by atoms with Crippen LogP contribution in [0.5, 0.6) is 0 Å². The molecule has 7 heteroatoms. The van der Waals surface area contributed by atoms with Crippen LogP contribution in [0.3, 0.4) is 0 Å². The molecule has 0 spiro atoms. The Bertz CT molecular complexity index is 586. The molecule has 0 unspecified atom stereocenters. The van der Waals surface area contributed by atoms with E-state index in [-0.39, 0.29) is 21.9 Å². The van der Waals surface area contributed by atoms with Crippen LogP contribution >= 0.6 is 23.2 Å². The monoisotopic (exact) mass is 338 g/mol. The van der Waals surface area contributed by atoms with Crippen molar-refractivity contribution in [3.8, 4) is 0 Å². The van der Waals surface area contributed by atoms with Crippen molar-refractivity contribution < 1.29 is 8.42 Å². The summed E-state index contributed by atoms with van der Waals surface area (Å²) in [5, 5.41) is 0.451. The van der Waals surface area contributed by atoms with Gasteiger partial charge in [0.25, 0.3) is 0 Å². The molecule has 0 aliphatic rings. The second-order valence-corrected chi connectivity index (χ2v) is 7.91. The molecule has 1 aromatic carbocycles. The quantitative estimate of drug-likeness (QED) is 0.836. The van der Waals surface area contributed by atoms with E-state index in [0.29, 0.717) is 17.1 Å². The number of benzene rings is 1. The average Bonchev–Trinajstić information content (AvgIpc) is 2.37. The molecular formula is C13H20Cl2N2O2S. The molecule has 0 radical (unpaired) electrons. The Morgan fingerprint density at radius 2 is 1.90 bits per heavy atom. The molecule has 0 saturated heterocycles. The van der Waals surface area contributed by atoms with Crippen LogP contribution in [0.4, 0.5) is 0 Å². The van der Waals surface area contributed by atoms with Gasteiger partial charge in [-0.15, -0.1) is 0 Å². The Labute approximate surface area is 130 Å². The van der Waals surface area contributed by atoms with E-state index in [2.05, 4.69) is 4.72 Å². The predicted octanol–water partition coefficient (Wildman–Crippen LogP) is 3.17. The highest BCUT2D eigenvalue weighted by molar-refractivity contribution is 7.89. The summed E-state index contributed by atoms with van der Waals surface area (Å²) < 4.78 is 27.2. The molecule has 0 fully saturated rings. The largest absolute Gasteiger partial charge is 0.326 e. The molecule has 0 bridgehead atoms. The van der Waals surface area contributed by atoms with Crippen LogP contribution in [0, 0.1) is 5.41 Å². The predicted molar refractivity (Wildman–Crippen MR) is 83.6 cm³/mol. The first-order valence-corrected chi connectivity index (χ1v) is 8.55. The molecule has 1 rings (SSSR count). The first-order chi connectivity index (χ1) is 9.14. The summed E-state index contributed by atoms with van der Waals surface area (Å²) in [4.78, 5) is 0.0101. The summed E-state index contributed by atoms with van der Waals surface area (Å²) in [6, 6.07) is 2.89. The van der Waals surface area contributed by atoms with Crippen LogP contribution in [-0.2, 0) is 16.6 Å². The van der Waals surface area contributed by atoms with Gasteiger partial charge in [-0.3, -0.25) is 0 Å². The third kappa shape index (κ3) is 4.09. The number of rotatable bonds is 6. The summed E-state index contributed by atoms with van der Waals surface area (Å²) in [5.74, 6) is 0. The Kier molecular flexibility index (Phi) is 5.87. The second-order valence-electron chi connectivity index (χ2n) is 5.38. The van der Waals surface area contributed by atoms with Gasteiger partial charge in [-0.1, -0.05) is 44.0 Å². The lowest BCUT2D eigenvalue weighted by Gasteiger charge is -2.23. The Hall–Kier alpha value is -0.330. The standard InChI is InChI=1S/C13H20Cl2N2O2S/c1-4-13(2,3)8-17-20(18,19)11-6-5-10(14)9(7-16)12(11)15/h5-6,17H,4,7-8,16H2,1-3H3. The highest BCUT2D eigenvalue weighted by Gasteiger charge is 2.24. The maximum atomic E-state index is 12.3. The van der Waals surface area contributed by atoms with Gasteiger partial charge >= 0.3 is 0 Å². The Morgan fingerprint density at radius 1 is 1.30 bits per heavy atom. The van der Waals surface area contributed by atoms with E-state index >= 15 is 0 Å². The first kappa shape index (κ1) is 17.7. The molecule has 0 aliphatic heterocycles. The van der Waals surface area contributed by atoms with Crippen molar-refractivity contribution >= 4 is 33.2 Å². The van der Waals surface area contributed by atoms with Crippen molar-refractivity contribution in [2.24, 2.45) is 11.1 Å². The summed E-state index contributed by atoms with van der Waals surface area (Å²) in [6.45, 7) is 6.41. The lowest BCUT2D eigenvalue weighted by atomic mass is 9.91. The minimum Gasteiger partial charge on any atom is -0.326 e. The minimum atomic E-state index is -3.68. The van der Waals surface area contributed by atoms with Crippen molar-refractivity contribution in [1.82, 2.24) is 4.72 Å². The van der Waals surface area contributed by atoms with E-state index in [1.54, 1.807) is 0 Å². The molecule has 0 saturated carbocycles. The Morgan fingerprint density at radius 3 is 2.40 bits per heavy atom. The fraction of sp³-hybridized carbons (Fsp3) is 0.538. The number of sulfonamides is 1. The van der Waals surface area contributed by atoms with Crippen LogP contribution < -0.4 is 10.5 Å². The number of nitrogens with two attached hydrogens (primary N) is 1. The third-order valence-corrected chi connectivity index (χ3v) is 5.68. The SMILES string of the molecule is CCC(C)(C)CNS(=O)(=O)c1ccc(Cl)c(CN)c1Cl. The zero-order valence-corrected chi connectivity index (χ0v) is 14.2. The van der Waals surface area contributed by atoms with E-state index in [9.17, 15) is 8.42 Å². The topological polar surface area (TPSA) is 72.2 Å². The second kappa shape index (κ2) is 6.62. The molecular weight excluding hydrogens is 319 g/mol. The Balaban J connectivity index is 3.11. The summed E-state index contributed by atoms with van der Waals surface area (Å²) >= 11 is 12.0. The van der Waals surface area contributed by atoms with Gasteiger partial charge in [-0.05, 0) is 24.0 Å². The summed E-state index contributed by atoms with van der Waals surface area (Å²) in [5.41, 5.74) is 5.86. The summed E-state index contributed by atoms with van der Waals surface area (Å²) in [7, 11) is -3.68. The molecule has 0 heterocycles. The minimum absolute atomic E-state index is 0.0101. The van der Waals surface area contributed by atoms with E-state index in [0.717, 1.165) is 6.42 Å². The fourth-order valence-electron chi connectivity index (χ4n) is 1.46. The van der Waals surface area contributed by atoms with Crippen LogP contribution in [0.25, 0.3) is 0 Å². The van der Waals surface area contributed by atoms with Gasteiger partial charge in [0.1, 0.15) is 4.90 Å². The molecule has 1 aromatic rings. The number of hydrogen-bond donors (Lipinski definition) is 2. The highest BCUT2D eigenvalue weighted by atomic mass is 35.5. The molecule has 4 nitrogen and oxygen atoms in total. The van der Waals surface area contributed by atoms with Crippen molar-refractivity contribution in [1.29, 1.82) is 0 Å². The zero-order valence-electron chi connectivity index (χ0n) is 11.8. The van der Waals surface area contributed by atoms with Gasteiger partial charge in [0.05, 0.1) is 5.02 Å². The zero-order chi connectivity index (χ0) is 15.6. The van der Waals surface area contributed by atoms with Crippen molar-refractivity contribution in [2.75, 3.05) is 6.54 Å². The maximum absolute atomic E-state index is 12.3. The van der Waals surface area contributed by atoms with E-state index in [1.165, 1.54) is 12.1 Å². The summed E-state index contributed by atoms with van der Waals surface area (Å²) in [6.07, 6.45) is 0.859. The molecule has 114 valence electrons. The molecule has 0 aliphatic carbocycles. The van der Waals surface area contributed by atoms with E-state index in [4.69, 9.17) is 28.9 Å². The highest BCUT2D eigenvalue weighted by Crippen LogP contribution is 2.31. The van der Waals surface area contributed by atoms with Crippen molar-refractivity contribution in [3.63, 3.8) is 0 Å². The molecule has 20 heavy (non-hydrogen) atoms. The van der Waals surface area contributed by atoms with Crippen LogP contribution in [0.2, 0.25) is 10.0 Å². The fourth-order valence-corrected chi connectivity index (χ4v) is 3.64. The molecule has 0 aromatic heterocycles. The smallest absolute Gasteiger partial charge is 0.242 e. The third-order valence-electron chi connectivity index (χ3n) is 3.34. The van der Waals surface area contributed by atoms with Gasteiger partial charge < -0.3 is 5.73 Å². The lowest BCUT2D eigenvalue weighted by Crippen LogP contribution is -2.33. The van der Waals surface area contributed by atoms with Gasteiger partial charge in [0.2, 0.25) is 10.0 Å². The van der Waals surface area contributed by atoms with Gasteiger partial charge in [0.15, 0.2) is 0 Å². The number of nitrogens with one attached hydrogen (secondary N) is 1. The van der Waals surface area contributed by atoms with E-state index < -0.39 is 10.0 Å². The average molecular weight is 339 g/mol. The van der Waals surface area contributed by atoms with Crippen molar-refractivity contribution in [2.45, 2.75) is 38.6 Å².